The van der Waals surface area contributed by atoms with Gasteiger partial charge < -0.3 is 15.5 Å². The second-order valence-electron chi connectivity index (χ2n) is 4.71. The second kappa shape index (κ2) is 6.52. The number of hydrogen-bond donors (Lipinski definition) is 1. The Kier molecular flexibility index (Phi) is 4.74. The van der Waals surface area contributed by atoms with Crippen molar-refractivity contribution in [1.29, 1.82) is 0 Å². The molecule has 0 radical (unpaired) electrons. The molecule has 0 spiro atoms. The van der Waals surface area contributed by atoms with Crippen molar-refractivity contribution in [2.45, 2.75) is 12.8 Å². The van der Waals surface area contributed by atoms with Gasteiger partial charge in [-0.05, 0) is 25.1 Å². The number of halogens is 1. The fourth-order valence-corrected chi connectivity index (χ4v) is 2.32. The first-order chi connectivity index (χ1) is 9.22. The van der Waals surface area contributed by atoms with Crippen LogP contribution in [0.4, 0.5) is 10.1 Å². The van der Waals surface area contributed by atoms with Gasteiger partial charge in [-0.1, -0.05) is 12.1 Å². The molecule has 104 valence electrons. The molecule has 1 aliphatic rings. The minimum atomic E-state index is -0.203. The molecule has 2 N–H and O–H groups in total. The highest BCUT2D eigenvalue weighted by Gasteiger charge is 2.21. The Morgan fingerprint density at radius 1 is 1.21 bits per heavy atom. The maximum atomic E-state index is 13.7. The minimum absolute atomic E-state index is 0.152. The Morgan fingerprint density at radius 3 is 2.53 bits per heavy atom. The smallest absolute Gasteiger partial charge is 0.222 e. The molecule has 0 saturated carbocycles. The molecule has 0 aliphatic carbocycles. The number of para-hydroxylation sites is 1. The first kappa shape index (κ1) is 13.8. The molecule has 5 heteroatoms. The van der Waals surface area contributed by atoms with Crippen LogP contribution in [0.2, 0.25) is 0 Å². The van der Waals surface area contributed by atoms with E-state index >= 15 is 0 Å². The van der Waals surface area contributed by atoms with Crippen molar-refractivity contribution in [3.63, 3.8) is 0 Å². The second-order valence-corrected chi connectivity index (χ2v) is 4.71. The molecular formula is C14H20FN3O. The van der Waals surface area contributed by atoms with Crippen LogP contribution in [0.1, 0.15) is 12.8 Å². The van der Waals surface area contributed by atoms with Crippen LogP contribution >= 0.6 is 0 Å². The average molecular weight is 265 g/mol. The summed E-state index contributed by atoms with van der Waals surface area (Å²) >= 11 is 0. The predicted octanol–water partition coefficient (Wildman–Crippen LogP) is 1.21. The van der Waals surface area contributed by atoms with Crippen molar-refractivity contribution in [2.24, 2.45) is 5.73 Å². The van der Waals surface area contributed by atoms with Gasteiger partial charge in [-0.25, -0.2) is 4.39 Å². The molecule has 4 nitrogen and oxygen atoms in total. The van der Waals surface area contributed by atoms with Crippen molar-refractivity contribution in [3.05, 3.63) is 30.1 Å². The van der Waals surface area contributed by atoms with E-state index in [9.17, 15) is 9.18 Å². The van der Waals surface area contributed by atoms with Crippen molar-refractivity contribution < 1.29 is 9.18 Å². The average Bonchev–Trinajstić information content (AvgIpc) is 2.45. The number of anilines is 1. The van der Waals surface area contributed by atoms with Crippen LogP contribution in [0.15, 0.2) is 24.3 Å². The number of piperazine rings is 1. The third kappa shape index (κ3) is 3.44. The van der Waals surface area contributed by atoms with E-state index < -0.39 is 0 Å². The van der Waals surface area contributed by atoms with Crippen LogP contribution in [-0.2, 0) is 4.79 Å². The van der Waals surface area contributed by atoms with Gasteiger partial charge >= 0.3 is 0 Å². The number of nitrogens with zero attached hydrogens (tertiary/aromatic N) is 2. The third-order valence-corrected chi connectivity index (χ3v) is 3.42. The Balaban J connectivity index is 1.89. The number of benzene rings is 1. The van der Waals surface area contributed by atoms with Crippen LogP contribution in [0.5, 0.6) is 0 Å². The van der Waals surface area contributed by atoms with Crippen LogP contribution in [0, 0.1) is 5.82 Å². The van der Waals surface area contributed by atoms with Gasteiger partial charge in [-0.2, -0.15) is 0 Å². The highest BCUT2D eigenvalue weighted by molar-refractivity contribution is 5.76. The standard InChI is InChI=1S/C14H20FN3O/c15-12-4-1-2-5-13(12)17-8-10-18(11-9-17)14(19)6-3-7-16/h1-2,4-5H,3,6-11,16H2. The van der Waals surface area contributed by atoms with Crippen molar-refractivity contribution in [3.8, 4) is 0 Å². The van der Waals surface area contributed by atoms with Gasteiger partial charge in [0.15, 0.2) is 0 Å². The zero-order valence-corrected chi connectivity index (χ0v) is 11.0. The van der Waals surface area contributed by atoms with Crippen molar-refractivity contribution in [2.75, 3.05) is 37.6 Å². The summed E-state index contributed by atoms with van der Waals surface area (Å²) in [5.74, 6) is -0.0518. The summed E-state index contributed by atoms with van der Waals surface area (Å²) in [4.78, 5) is 15.7. The van der Waals surface area contributed by atoms with E-state index in [1.807, 2.05) is 15.9 Å². The molecule has 0 unspecified atom stereocenters. The lowest BCUT2D eigenvalue weighted by Crippen LogP contribution is -2.49. The van der Waals surface area contributed by atoms with Gasteiger partial charge in [-0.3, -0.25) is 4.79 Å². The van der Waals surface area contributed by atoms with Gasteiger partial charge in [0.05, 0.1) is 5.69 Å². The van der Waals surface area contributed by atoms with Gasteiger partial charge in [0, 0.05) is 32.6 Å². The lowest BCUT2D eigenvalue weighted by atomic mass is 10.2. The van der Waals surface area contributed by atoms with Crippen LogP contribution in [0.25, 0.3) is 0 Å². The molecule has 0 aromatic heterocycles. The number of carbonyl (C=O) groups is 1. The summed E-state index contributed by atoms with van der Waals surface area (Å²) < 4.78 is 13.7. The Labute approximate surface area is 113 Å². The number of rotatable bonds is 4. The molecule has 1 aromatic rings. The maximum absolute atomic E-state index is 13.7. The number of nitrogens with two attached hydrogens (primary N) is 1. The Bertz CT molecular complexity index is 430. The normalized spacial score (nSPS) is 15.7. The molecule has 1 fully saturated rings. The van der Waals surface area contributed by atoms with E-state index in [4.69, 9.17) is 5.73 Å². The molecule has 1 saturated heterocycles. The van der Waals surface area contributed by atoms with Crippen LogP contribution in [0.3, 0.4) is 0 Å². The zero-order chi connectivity index (χ0) is 13.7. The molecule has 1 aromatic carbocycles. The van der Waals surface area contributed by atoms with Gasteiger partial charge in [0.1, 0.15) is 5.82 Å². The molecule has 19 heavy (non-hydrogen) atoms. The van der Waals surface area contributed by atoms with E-state index in [-0.39, 0.29) is 11.7 Å². The topological polar surface area (TPSA) is 49.6 Å². The molecule has 0 bridgehead atoms. The van der Waals surface area contributed by atoms with E-state index in [1.54, 1.807) is 12.1 Å². The Hall–Kier alpha value is -1.62. The van der Waals surface area contributed by atoms with Gasteiger partial charge in [0.25, 0.3) is 0 Å². The van der Waals surface area contributed by atoms with E-state index in [0.29, 0.717) is 44.8 Å². The largest absolute Gasteiger partial charge is 0.366 e. The van der Waals surface area contributed by atoms with Crippen molar-refractivity contribution >= 4 is 11.6 Å². The minimum Gasteiger partial charge on any atom is -0.366 e. The Morgan fingerprint density at radius 2 is 1.89 bits per heavy atom. The molecular weight excluding hydrogens is 245 g/mol. The number of amides is 1. The fraction of sp³-hybridized carbons (Fsp3) is 0.500. The van der Waals surface area contributed by atoms with Gasteiger partial charge in [-0.15, -0.1) is 0 Å². The summed E-state index contributed by atoms with van der Waals surface area (Å²) in [6.07, 6.45) is 1.24. The lowest BCUT2D eigenvalue weighted by Gasteiger charge is -2.36. The zero-order valence-electron chi connectivity index (χ0n) is 11.0. The maximum Gasteiger partial charge on any atom is 0.222 e. The molecule has 1 heterocycles. The molecule has 0 atom stereocenters. The number of carbonyl (C=O) groups excluding carboxylic acids is 1. The monoisotopic (exact) mass is 265 g/mol. The summed E-state index contributed by atoms with van der Waals surface area (Å²) in [5.41, 5.74) is 6.02. The SMILES string of the molecule is NCCCC(=O)N1CCN(c2ccccc2F)CC1. The van der Waals surface area contributed by atoms with Gasteiger partial charge in [0.2, 0.25) is 5.91 Å². The first-order valence-corrected chi connectivity index (χ1v) is 6.69. The van der Waals surface area contributed by atoms with Crippen molar-refractivity contribution in [1.82, 2.24) is 4.90 Å². The van der Waals surface area contributed by atoms with Crippen LogP contribution < -0.4 is 10.6 Å². The fourth-order valence-electron chi connectivity index (χ4n) is 2.32. The lowest BCUT2D eigenvalue weighted by molar-refractivity contribution is -0.131. The summed E-state index contributed by atoms with van der Waals surface area (Å²) in [7, 11) is 0. The van der Waals surface area contributed by atoms with Crippen LogP contribution in [-0.4, -0.2) is 43.5 Å². The molecule has 2 rings (SSSR count). The number of hydrogen-bond acceptors (Lipinski definition) is 3. The summed E-state index contributed by atoms with van der Waals surface area (Å²) in [5, 5.41) is 0. The summed E-state index contributed by atoms with van der Waals surface area (Å²) in [6.45, 7) is 3.20. The molecule has 1 aliphatic heterocycles. The van der Waals surface area contributed by atoms with E-state index in [2.05, 4.69) is 0 Å². The van der Waals surface area contributed by atoms with E-state index in [0.717, 1.165) is 6.42 Å². The predicted molar refractivity (Wildman–Crippen MR) is 73.5 cm³/mol. The quantitative estimate of drug-likeness (QED) is 0.890. The summed E-state index contributed by atoms with van der Waals surface area (Å²) in [6, 6.07) is 6.76. The van der Waals surface area contributed by atoms with E-state index in [1.165, 1.54) is 6.07 Å². The first-order valence-electron chi connectivity index (χ1n) is 6.69. The molecule has 1 amide bonds. The highest BCUT2D eigenvalue weighted by Crippen LogP contribution is 2.20. The third-order valence-electron chi connectivity index (χ3n) is 3.42. The highest BCUT2D eigenvalue weighted by atomic mass is 19.1.